The van der Waals surface area contributed by atoms with E-state index >= 15 is 0 Å². The number of piperazine rings is 1. The maximum absolute atomic E-state index is 5.21. The van der Waals surface area contributed by atoms with Crippen molar-refractivity contribution in [2.75, 3.05) is 45.2 Å². The molecule has 0 saturated carbocycles. The van der Waals surface area contributed by atoms with Crippen molar-refractivity contribution in [3.05, 3.63) is 12.4 Å². The van der Waals surface area contributed by atoms with Crippen molar-refractivity contribution in [1.82, 2.24) is 14.9 Å². The topological polar surface area (TPSA) is 41.5 Å². The average molecular weight is 264 g/mol. The van der Waals surface area contributed by atoms with Crippen LogP contribution in [-0.2, 0) is 0 Å². The van der Waals surface area contributed by atoms with Crippen molar-refractivity contribution in [2.24, 2.45) is 0 Å². The zero-order valence-electron chi connectivity index (χ0n) is 10.6. The number of thiazole rings is 1. The van der Waals surface area contributed by atoms with Crippen molar-refractivity contribution in [1.29, 1.82) is 0 Å². The molecule has 2 aromatic rings. The molecule has 1 fully saturated rings. The quantitative estimate of drug-likeness (QED) is 0.821. The van der Waals surface area contributed by atoms with Gasteiger partial charge in [-0.05, 0) is 7.05 Å². The first-order chi connectivity index (χ1) is 8.78. The van der Waals surface area contributed by atoms with Gasteiger partial charge in [0.15, 0.2) is 0 Å². The molecule has 0 amide bonds. The first kappa shape index (κ1) is 11.7. The zero-order valence-corrected chi connectivity index (χ0v) is 11.4. The molecule has 1 aliphatic rings. The number of aromatic nitrogens is 2. The van der Waals surface area contributed by atoms with Gasteiger partial charge in [0.25, 0.3) is 5.19 Å². The van der Waals surface area contributed by atoms with Crippen molar-refractivity contribution in [2.45, 2.75) is 0 Å². The van der Waals surface area contributed by atoms with Crippen LogP contribution in [0.1, 0.15) is 0 Å². The Morgan fingerprint density at radius 1 is 1.22 bits per heavy atom. The van der Waals surface area contributed by atoms with E-state index in [2.05, 4.69) is 26.8 Å². The summed E-state index contributed by atoms with van der Waals surface area (Å²) in [4.78, 5) is 13.4. The minimum absolute atomic E-state index is 0.702. The molecule has 0 unspecified atom stereocenters. The van der Waals surface area contributed by atoms with Gasteiger partial charge in [0.1, 0.15) is 5.52 Å². The third-order valence-corrected chi connectivity index (χ3v) is 4.33. The van der Waals surface area contributed by atoms with E-state index in [1.54, 1.807) is 24.6 Å². The predicted octanol–water partition coefficient (Wildman–Crippen LogP) is 1.45. The molecule has 96 valence electrons. The summed E-state index contributed by atoms with van der Waals surface area (Å²) in [5, 5.41) is 0.702. The van der Waals surface area contributed by atoms with Crippen LogP contribution in [0, 0.1) is 0 Å². The fourth-order valence-corrected chi connectivity index (χ4v) is 3.07. The van der Waals surface area contributed by atoms with Gasteiger partial charge in [-0.2, -0.15) is 0 Å². The van der Waals surface area contributed by atoms with E-state index in [1.165, 1.54) is 10.4 Å². The number of pyridine rings is 1. The molecule has 0 aliphatic carbocycles. The smallest absolute Gasteiger partial charge is 0.274 e. The van der Waals surface area contributed by atoms with Gasteiger partial charge in [0.05, 0.1) is 29.9 Å². The largest absolute Gasteiger partial charge is 0.473 e. The number of methoxy groups -OCH3 is 1. The lowest BCUT2D eigenvalue weighted by Crippen LogP contribution is -2.44. The van der Waals surface area contributed by atoms with E-state index in [0.717, 1.165) is 31.7 Å². The van der Waals surface area contributed by atoms with Crippen molar-refractivity contribution < 1.29 is 4.74 Å². The van der Waals surface area contributed by atoms with Crippen molar-refractivity contribution in [3.8, 4) is 5.19 Å². The Morgan fingerprint density at radius 3 is 2.72 bits per heavy atom. The molecule has 0 aromatic carbocycles. The molecular weight excluding hydrogens is 248 g/mol. The highest BCUT2D eigenvalue weighted by atomic mass is 32.1. The summed E-state index contributed by atoms with van der Waals surface area (Å²) in [6.07, 6.45) is 3.74. The highest BCUT2D eigenvalue weighted by Gasteiger charge is 2.18. The number of hydrogen-bond acceptors (Lipinski definition) is 6. The van der Waals surface area contributed by atoms with E-state index < -0.39 is 0 Å². The molecule has 1 aliphatic heterocycles. The third kappa shape index (κ3) is 2.02. The van der Waals surface area contributed by atoms with Crippen LogP contribution >= 0.6 is 11.3 Å². The molecule has 0 atom stereocenters. The summed E-state index contributed by atoms with van der Waals surface area (Å²) >= 11 is 1.59. The van der Waals surface area contributed by atoms with Gasteiger partial charge < -0.3 is 14.5 Å². The van der Waals surface area contributed by atoms with Gasteiger partial charge in [0.2, 0.25) is 0 Å². The van der Waals surface area contributed by atoms with Gasteiger partial charge in [-0.25, -0.2) is 4.98 Å². The molecule has 6 heteroatoms. The summed E-state index contributed by atoms with van der Waals surface area (Å²) in [7, 11) is 3.81. The Hall–Kier alpha value is -1.40. The molecule has 5 nitrogen and oxygen atoms in total. The SMILES string of the molecule is COc1nc2cncc(N3CCN(C)CC3)c2s1. The van der Waals surface area contributed by atoms with Gasteiger partial charge in [-0.3, -0.25) is 4.98 Å². The molecule has 0 radical (unpaired) electrons. The number of anilines is 1. The Kier molecular flexibility index (Phi) is 3.05. The molecule has 3 heterocycles. The van der Waals surface area contributed by atoms with Crippen LogP contribution in [0.15, 0.2) is 12.4 Å². The van der Waals surface area contributed by atoms with Crippen LogP contribution in [0.3, 0.4) is 0 Å². The Morgan fingerprint density at radius 2 is 2.00 bits per heavy atom. The third-order valence-electron chi connectivity index (χ3n) is 3.28. The lowest BCUT2D eigenvalue weighted by atomic mass is 10.3. The normalized spacial score (nSPS) is 17.3. The van der Waals surface area contributed by atoms with Crippen LogP contribution in [0.5, 0.6) is 5.19 Å². The number of nitrogens with zero attached hydrogens (tertiary/aromatic N) is 4. The molecule has 2 aromatic heterocycles. The lowest BCUT2D eigenvalue weighted by molar-refractivity contribution is 0.313. The van der Waals surface area contributed by atoms with Crippen LogP contribution in [0.2, 0.25) is 0 Å². The molecule has 0 spiro atoms. The van der Waals surface area contributed by atoms with Crippen LogP contribution < -0.4 is 9.64 Å². The fourth-order valence-electron chi connectivity index (χ4n) is 2.18. The molecule has 3 rings (SSSR count). The monoisotopic (exact) mass is 264 g/mol. The molecule has 18 heavy (non-hydrogen) atoms. The second-order valence-corrected chi connectivity index (χ2v) is 5.44. The maximum Gasteiger partial charge on any atom is 0.274 e. The van der Waals surface area contributed by atoms with Gasteiger partial charge in [-0.1, -0.05) is 11.3 Å². The first-order valence-corrected chi connectivity index (χ1v) is 6.81. The standard InChI is InChI=1S/C12H16N4OS/c1-15-3-5-16(6-4-15)10-8-13-7-9-11(10)18-12(14-9)17-2/h7-8H,3-6H2,1-2H3. The molecule has 1 saturated heterocycles. The number of likely N-dealkylation sites (N-methyl/N-ethyl adjacent to an activating group) is 1. The van der Waals surface area contributed by atoms with Crippen molar-refractivity contribution in [3.63, 3.8) is 0 Å². The second-order valence-electron chi connectivity index (χ2n) is 4.48. The summed E-state index contributed by atoms with van der Waals surface area (Å²) < 4.78 is 6.38. The Bertz CT molecular complexity index is 548. The van der Waals surface area contributed by atoms with Gasteiger partial charge >= 0.3 is 0 Å². The van der Waals surface area contributed by atoms with E-state index in [0.29, 0.717) is 5.19 Å². The lowest BCUT2D eigenvalue weighted by Gasteiger charge is -2.33. The first-order valence-electron chi connectivity index (χ1n) is 6.00. The molecular formula is C12H16N4OS. The summed E-state index contributed by atoms with van der Waals surface area (Å²) in [5.41, 5.74) is 2.11. The van der Waals surface area contributed by atoms with E-state index in [4.69, 9.17) is 4.74 Å². The highest BCUT2D eigenvalue weighted by molar-refractivity contribution is 7.20. The van der Waals surface area contributed by atoms with Crippen LogP contribution in [0.25, 0.3) is 10.2 Å². The number of rotatable bonds is 2. The molecule has 0 bridgehead atoms. The van der Waals surface area contributed by atoms with E-state index in [9.17, 15) is 0 Å². The minimum Gasteiger partial charge on any atom is -0.473 e. The van der Waals surface area contributed by atoms with Crippen LogP contribution in [-0.4, -0.2) is 55.2 Å². The summed E-state index contributed by atoms with van der Waals surface area (Å²) in [5.74, 6) is 0. The van der Waals surface area contributed by atoms with Gasteiger partial charge in [-0.15, -0.1) is 0 Å². The summed E-state index contributed by atoms with van der Waals surface area (Å²) in [6.45, 7) is 4.26. The van der Waals surface area contributed by atoms with Gasteiger partial charge in [0, 0.05) is 26.2 Å². The fraction of sp³-hybridized carbons (Fsp3) is 0.500. The van der Waals surface area contributed by atoms with Crippen molar-refractivity contribution >= 4 is 27.2 Å². The van der Waals surface area contributed by atoms with Crippen LogP contribution in [0.4, 0.5) is 5.69 Å². The second kappa shape index (κ2) is 4.70. The highest BCUT2D eigenvalue weighted by Crippen LogP contribution is 2.34. The average Bonchev–Trinajstić information content (AvgIpc) is 2.82. The number of hydrogen-bond donors (Lipinski definition) is 0. The predicted molar refractivity (Wildman–Crippen MR) is 73.7 cm³/mol. The summed E-state index contributed by atoms with van der Waals surface area (Å²) in [6, 6.07) is 0. The maximum atomic E-state index is 5.21. The zero-order chi connectivity index (χ0) is 12.5. The minimum atomic E-state index is 0.702. The van der Waals surface area contributed by atoms with E-state index in [-0.39, 0.29) is 0 Å². The molecule has 0 N–H and O–H groups in total. The van der Waals surface area contributed by atoms with E-state index in [1.807, 2.05) is 6.20 Å². The number of ether oxygens (including phenoxy) is 1. The Balaban J connectivity index is 1.98. The Labute approximate surface area is 110 Å². The number of fused-ring (bicyclic) bond motifs is 1.